The third kappa shape index (κ3) is 5.51. The number of carbonyl (C=O) groups excluding carboxylic acids is 1. The zero-order valence-electron chi connectivity index (χ0n) is 14.0. The Morgan fingerprint density at radius 2 is 1.77 bits per heavy atom. The maximum Gasteiger partial charge on any atom is 0.326 e. The number of aliphatic carboxylic acids is 1. The van der Waals surface area contributed by atoms with Crippen molar-refractivity contribution in [3.63, 3.8) is 0 Å². The van der Waals surface area contributed by atoms with Crippen LogP contribution in [0.15, 0.2) is 12.1 Å². The maximum atomic E-state index is 11.9. The average molecular weight is 305 g/mol. The summed E-state index contributed by atoms with van der Waals surface area (Å²) in [5, 5.41) is 11.6. The molecule has 0 fully saturated rings. The minimum atomic E-state index is -0.958. The Kier molecular flexibility index (Phi) is 7.09. The van der Waals surface area contributed by atoms with Crippen molar-refractivity contribution in [2.75, 3.05) is 0 Å². The predicted octanol–water partition coefficient (Wildman–Crippen LogP) is 3.30. The number of hydrogen-bond donors (Lipinski definition) is 2. The molecule has 1 amide bonds. The molecule has 0 aromatic heterocycles. The van der Waals surface area contributed by atoms with Gasteiger partial charge >= 0.3 is 5.97 Å². The first kappa shape index (κ1) is 18.2. The topological polar surface area (TPSA) is 66.4 Å². The lowest BCUT2D eigenvalue weighted by atomic mass is 9.95. The maximum absolute atomic E-state index is 11.9. The Labute approximate surface area is 132 Å². The van der Waals surface area contributed by atoms with Gasteiger partial charge in [-0.2, -0.15) is 0 Å². The van der Waals surface area contributed by atoms with Crippen molar-refractivity contribution < 1.29 is 14.7 Å². The van der Waals surface area contributed by atoms with E-state index in [-0.39, 0.29) is 5.91 Å². The molecule has 0 radical (unpaired) electrons. The molecule has 122 valence electrons. The van der Waals surface area contributed by atoms with Crippen LogP contribution in [0.5, 0.6) is 0 Å². The highest BCUT2D eigenvalue weighted by molar-refractivity contribution is 5.83. The minimum absolute atomic E-state index is 0.178. The van der Waals surface area contributed by atoms with E-state index in [1.54, 1.807) is 0 Å². The first-order valence-corrected chi connectivity index (χ1v) is 7.94. The molecule has 0 aliphatic carbocycles. The molecule has 1 aromatic rings. The largest absolute Gasteiger partial charge is 0.480 e. The summed E-state index contributed by atoms with van der Waals surface area (Å²) >= 11 is 0. The van der Waals surface area contributed by atoms with Crippen LogP contribution in [-0.2, 0) is 16.0 Å². The first-order chi connectivity index (χ1) is 10.3. The van der Waals surface area contributed by atoms with Crippen molar-refractivity contribution in [3.8, 4) is 0 Å². The molecular formula is C18H27NO3. The standard InChI is InChI=1S/C18H27NO3/c1-5-7-16(18(21)22)19-17(20)9-6-8-15-13(3)10-12(2)11-14(15)4/h10-11,16H,5-9H2,1-4H3,(H,19,20)(H,21,22). The van der Waals surface area contributed by atoms with E-state index in [0.717, 1.165) is 19.3 Å². The van der Waals surface area contributed by atoms with Crippen LogP contribution in [0.2, 0.25) is 0 Å². The fourth-order valence-electron chi connectivity index (χ4n) is 2.84. The summed E-state index contributed by atoms with van der Waals surface area (Å²) in [6, 6.07) is 3.55. The second-order valence-electron chi connectivity index (χ2n) is 5.98. The minimum Gasteiger partial charge on any atom is -0.480 e. The molecular weight excluding hydrogens is 278 g/mol. The zero-order valence-corrected chi connectivity index (χ0v) is 14.0. The third-order valence-electron chi connectivity index (χ3n) is 3.88. The summed E-state index contributed by atoms with van der Waals surface area (Å²) in [6.07, 6.45) is 3.14. The van der Waals surface area contributed by atoms with Gasteiger partial charge in [0.05, 0.1) is 0 Å². The van der Waals surface area contributed by atoms with Crippen molar-refractivity contribution in [1.82, 2.24) is 5.32 Å². The second kappa shape index (κ2) is 8.57. The average Bonchev–Trinajstić information content (AvgIpc) is 2.41. The highest BCUT2D eigenvalue weighted by Gasteiger charge is 2.18. The van der Waals surface area contributed by atoms with Crippen LogP contribution in [0.3, 0.4) is 0 Å². The molecule has 0 saturated heterocycles. The smallest absolute Gasteiger partial charge is 0.326 e. The van der Waals surface area contributed by atoms with E-state index in [4.69, 9.17) is 5.11 Å². The molecule has 4 heteroatoms. The lowest BCUT2D eigenvalue weighted by Gasteiger charge is -2.14. The van der Waals surface area contributed by atoms with Crippen LogP contribution >= 0.6 is 0 Å². The van der Waals surface area contributed by atoms with Crippen LogP contribution in [0.1, 0.15) is 54.9 Å². The summed E-state index contributed by atoms with van der Waals surface area (Å²) < 4.78 is 0. The van der Waals surface area contributed by atoms with Gasteiger partial charge in [-0.05, 0) is 56.7 Å². The Bertz CT molecular complexity index is 514. The van der Waals surface area contributed by atoms with Gasteiger partial charge in [0.15, 0.2) is 0 Å². The molecule has 1 aromatic carbocycles. The van der Waals surface area contributed by atoms with Gasteiger partial charge in [-0.3, -0.25) is 4.79 Å². The summed E-state index contributed by atoms with van der Waals surface area (Å²) in [6.45, 7) is 8.18. The Morgan fingerprint density at radius 3 is 2.27 bits per heavy atom. The van der Waals surface area contributed by atoms with Gasteiger partial charge < -0.3 is 10.4 Å². The SMILES string of the molecule is CCCC(NC(=O)CCCc1c(C)cc(C)cc1C)C(=O)O. The lowest BCUT2D eigenvalue weighted by molar-refractivity contribution is -0.142. The number of nitrogens with one attached hydrogen (secondary N) is 1. The predicted molar refractivity (Wildman–Crippen MR) is 88.1 cm³/mol. The van der Waals surface area contributed by atoms with Crippen LogP contribution in [0.4, 0.5) is 0 Å². The molecule has 4 nitrogen and oxygen atoms in total. The van der Waals surface area contributed by atoms with E-state index >= 15 is 0 Å². The number of carbonyl (C=O) groups is 2. The molecule has 1 atom stereocenters. The fraction of sp³-hybridized carbons (Fsp3) is 0.556. The van der Waals surface area contributed by atoms with Crippen LogP contribution < -0.4 is 5.32 Å². The van der Waals surface area contributed by atoms with Gasteiger partial charge in [-0.1, -0.05) is 31.0 Å². The number of rotatable bonds is 8. The van der Waals surface area contributed by atoms with Crippen molar-refractivity contribution in [3.05, 3.63) is 34.4 Å². The van der Waals surface area contributed by atoms with E-state index in [0.29, 0.717) is 12.8 Å². The number of amides is 1. The number of aryl methyl sites for hydroxylation is 3. The molecule has 1 rings (SSSR count). The van der Waals surface area contributed by atoms with Crippen LogP contribution in [-0.4, -0.2) is 23.0 Å². The molecule has 0 aliphatic heterocycles. The van der Waals surface area contributed by atoms with Gasteiger partial charge in [0.25, 0.3) is 0 Å². The number of carboxylic acids is 1. The van der Waals surface area contributed by atoms with E-state index in [9.17, 15) is 9.59 Å². The van der Waals surface area contributed by atoms with E-state index < -0.39 is 12.0 Å². The molecule has 22 heavy (non-hydrogen) atoms. The van der Waals surface area contributed by atoms with Crippen molar-refractivity contribution >= 4 is 11.9 Å². The van der Waals surface area contributed by atoms with Crippen molar-refractivity contribution in [2.45, 2.75) is 65.8 Å². The van der Waals surface area contributed by atoms with Crippen molar-refractivity contribution in [1.29, 1.82) is 0 Å². The molecule has 0 aliphatic rings. The molecule has 0 heterocycles. The molecule has 0 bridgehead atoms. The van der Waals surface area contributed by atoms with Gasteiger partial charge in [-0.15, -0.1) is 0 Å². The number of carboxylic acid groups (broad SMARTS) is 1. The van der Waals surface area contributed by atoms with Gasteiger partial charge in [0, 0.05) is 6.42 Å². The highest BCUT2D eigenvalue weighted by atomic mass is 16.4. The van der Waals surface area contributed by atoms with Gasteiger partial charge in [-0.25, -0.2) is 4.79 Å². The second-order valence-corrected chi connectivity index (χ2v) is 5.98. The molecule has 1 unspecified atom stereocenters. The number of benzene rings is 1. The Morgan fingerprint density at radius 1 is 1.18 bits per heavy atom. The summed E-state index contributed by atoms with van der Waals surface area (Å²) in [5.41, 5.74) is 5.06. The van der Waals surface area contributed by atoms with E-state index in [1.807, 2.05) is 6.92 Å². The third-order valence-corrected chi connectivity index (χ3v) is 3.88. The monoisotopic (exact) mass is 305 g/mol. The quantitative estimate of drug-likeness (QED) is 0.774. The molecule has 0 spiro atoms. The normalized spacial score (nSPS) is 12.0. The Balaban J connectivity index is 2.50. The highest BCUT2D eigenvalue weighted by Crippen LogP contribution is 2.18. The first-order valence-electron chi connectivity index (χ1n) is 7.94. The van der Waals surface area contributed by atoms with Crippen LogP contribution in [0.25, 0.3) is 0 Å². The van der Waals surface area contributed by atoms with E-state index in [2.05, 4.69) is 38.2 Å². The Hall–Kier alpha value is -1.84. The summed E-state index contributed by atoms with van der Waals surface area (Å²) in [5.74, 6) is -1.14. The van der Waals surface area contributed by atoms with Crippen molar-refractivity contribution in [2.24, 2.45) is 0 Å². The number of hydrogen-bond acceptors (Lipinski definition) is 2. The van der Waals surface area contributed by atoms with E-state index in [1.165, 1.54) is 22.3 Å². The van der Waals surface area contributed by atoms with Gasteiger partial charge in [0.2, 0.25) is 5.91 Å². The molecule has 2 N–H and O–H groups in total. The summed E-state index contributed by atoms with van der Waals surface area (Å²) in [4.78, 5) is 22.9. The zero-order chi connectivity index (χ0) is 16.7. The fourth-order valence-corrected chi connectivity index (χ4v) is 2.84. The van der Waals surface area contributed by atoms with Crippen LogP contribution in [0, 0.1) is 20.8 Å². The molecule has 0 saturated carbocycles. The lowest BCUT2D eigenvalue weighted by Crippen LogP contribution is -2.40. The summed E-state index contributed by atoms with van der Waals surface area (Å²) in [7, 11) is 0. The van der Waals surface area contributed by atoms with Gasteiger partial charge in [0.1, 0.15) is 6.04 Å².